The Morgan fingerprint density at radius 2 is 1.88 bits per heavy atom. The van der Waals surface area contributed by atoms with Gasteiger partial charge >= 0.3 is 6.09 Å². The Morgan fingerprint density at radius 3 is 2.50 bits per heavy atom. The minimum atomic E-state index is -0.547. The number of hydrogen-bond acceptors (Lipinski definition) is 4. The van der Waals surface area contributed by atoms with Gasteiger partial charge in [0, 0.05) is 18.4 Å². The second-order valence-corrected chi connectivity index (χ2v) is 7.86. The third kappa shape index (κ3) is 4.33. The highest BCUT2D eigenvalue weighted by Gasteiger charge is 2.42. The summed E-state index contributed by atoms with van der Waals surface area (Å²) >= 11 is 0. The zero-order chi connectivity index (χ0) is 18.9. The number of carbonyl (C=O) groups is 2. The molecule has 26 heavy (non-hydrogen) atoms. The molecule has 1 aromatic carbocycles. The van der Waals surface area contributed by atoms with Crippen LogP contribution in [-0.2, 0) is 14.4 Å². The van der Waals surface area contributed by atoms with Gasteiger partial charge in [-0.2, -0.15) is 0 Å². The summed E-state index contributed by atoms with van der Waals surface area (Å²) in [5.74, 6) is -0.573. The molecule has 2 aliphatic rings. The van der Waals surface area contributed by atoms with Crippen molar-refractivity contribution < 1.29 is 23.6 Å². The standard InChI is InChI=1S/C19H25FN2O4/c1-19(2,3)26-18(24)21-15-10-13(11-15)17(23)22-16(8-9-25-22)12-4-6-14(20)7-5-12/h4-7,13,15-16H,8-11H2,1-3H3,(H,21,24)/t13?,15?,16-/m0/s1. The van der Waals surface area contributed by atoms with Crippen LogP contribution in [0.25, 0.3) is 0 Å². The molecule has 1 saturated carbocycles. The molecule has 0 spiro atoms. The number of alkyl carbamates (subject to hydrolysis) is 1. The van der Waals surface area contributed by atoms with E-state index in [4.69, 9.17) is 9.57 Å². The molecule has 2 fully saturated rings. The molecule has 3 rings (SSSR count). The third-order valence-electron chi connectivity index (χ3n) is 4.58. The van der Waals surface area contributed by atoms with Crippen LogP contribution in [0.1, 0.15) is 51.6 Å². The molecule has 1 heterocycles. The number of nitrogens with one attached hydrogen (secondary N) is 1. The van der Waals surface area contributed by atoms with Gasteiger partial charge in [-0.15, -0.1) is 0 Å². The Labute approximate surface area is 152 Å². The first-order chi connectivity index (χ1) is 12.2. The minimum Gasteiger partial charge on any atom is -0.444 e. The number of rotatable bonds is 3. The largest absolute Gasteiger partial charge is 0.444 e. The van der Waals surface area contributed by atoms with Gasteiger partial charge in [0.05, 0.1) is 12.6 Å². The van der Waals surface area contributed by atoms with Crippen molar-refractivity contribution in [1.82, 2.24) is 10.4 Å². The van der Waals surface area contributed by atoms with E-state index in [1.165, 1.54) is 17.2 Å². The van der Waals surface area contributed by atoms with E-state index in [1.807, 2.05) is 0 Å². The van der Waals surface area contributed by atoms with Gasteiger partial charge < -0.3 is 10.1 Å². The number of carbonyl (C=O) groups excluding carboxylic acids is 2. The second-order valence-electron chi connectivity index (χ2n) is 7.86. The van der Waals surface area contributed by atoms with Crippen molar-refractivity contribution in [3.05, 3.63) is 35.6 Å². The predicted molar refractivity (Wildman–Crippen MR) is 92.4 cm³/mol. The number of halogens is 1. The number of hydroxylamine groups is 2. The molecule has 1 atom stereocenters. The van der Waals surface area contributed by atoms with Gasteiger partial charge in [-0.1, -0.05) is 12.1 Å². The van der Waals surface area contributed by atoms with Gasteiger partial charge in [-0.25, -0.2) is 14.2 Å². The fourth-order valence-electron chi connectivity index (χ4n) is 3.27. The van der Waals surface area contributed by atoms with Crippen molar-refractivity contribution in [3.63, 3.8) is 0 Å². The van der Waals surface area contributed by atoms with Crippen molar-refractivity contribution in [2.24, 2.45) is 5.92 Å². The molecular formula is C19H25FN2O4. The highest BCUT2D eigenvalue weighted by molar-refractivity contribution is 5.80. The van der Waals surface area contributed by atoms with E-state index < -0.39 is 11.7 Å². The maximum Gasteiger partial charge on any atom is 0.407 e. The molecular weight excluding hydrogens is 339 g/mol. The van der Waals surface area contributed by atoms with Crippen LogP contribution in [-0.4, -0.2) is 35.3 Å². The molecule has 142 valence electrons. The molecule has 1 aromatic rings. The molecule has 2 amide bonds. The molecule has 0 bridgehead atoms. The zero-order valence-corrected chi connectivity index (χ0v) is 15.3. The lowest BCUT2D eigenvalue weighted by molar-refractivity contribution is -0.185. The fraction of sp³-hybridized carbons (Fsp3) is 0.579. The highest BCUT2D eigenvalue weighted by atomic mass is 19.1. The van der Waals surface area contributed by atoms with E-state index in [-0.39, 0.29) is 29.7 Å². The van der Waals surface area contributed by atoms with E-state index in [9.17, 15) is 14.0 Å². The quantitative estimate of drug-likeness (QED) is 0.893. The zero-order valence-electron chi connectivity index (χ0n) is 15.3. The highest BCUT2D eigenvalue weighted by Crippen LogP contribution is 2.36. The van der Waals surface area contributed by atoms with Crippen LogP contribution in [0.15, 0.2) is 24.3 Å². The van der Waals surface area contributed by atoms with Crippen LogP contribution >= 0.6 is 0 Å². The van der Waals surface area contributed by atoms with Crippen LogP contribution in [0.4, 0.5) is 9.18 Å². The molecule has 6 nitrogen and oxygen atoms in total. The van der Waals surface area contributed by atoms with Crippen molar-refractivity contribution >= 4 is 12.0 Å². The molecule has 0 unspecified atom stereocenters. The van der Waals surface area contributed by atoms with Gasteiger partial charge in [0.2, 0.25) is 5.91 Å². The smallest absolute Gasteiger partial charge is 0.407 e. The Bertz CT molecular complexity index is 665. The summed E-state index contributed by atoms with van der Waals surface area (Å²) < 4.78 is 18.3. The van der Waals surface area contributed by atoms with Crippen LogP contribution in [0.3, 0.4) is 0 Å². The number of hydrogen-bond donors (Lipinski definition) is 1. The van der Waals surface area contributed by atoms with Gasteiger partial charge in [0.1, 0.15) is 11.4 Å². The number of ether oxygens (including phenoxy) is 1. The van der Waals surface area contributed by atoms with E-state index in [0.717, 1.165) is 5.56 Å². The van der Waals surface area contributed by atoms with Crippen LogP contribution < -0.4 is 5.32 Å². The van der Waals surface area contributed by atoms with E-state index in [2.05, 4.69) is 5.32 Å². The first-order valence-corrected chi connectivity index (χ1v) is 8.94. The summed E-state index contributed by atoms with van der Waals surface area (Å²) in [4.78, 5) is 30.0. The number of benzene rings is 1. The van der Waals surface area contributed by atoms with Crippen molar-refractivity contribution in [2.45, 2.75) is 57.7 Å². The molecule has 1 N–H and O–H groups in total. The minimum absolute atomic E-state index is 0.0642. The lowest BCUT2D eigenvalue weighted by Crippen LogP contribution is -2.50. The topological polar surface area (TPSA) is 67.9 Å². The van der Waals surface area contributed by atoms with Gasteiger partial charge in [-0.05, 0) is 51.3 Å². The average Bonchev–Trinajstić information content (AvgIpc) is 2.98. The number of nitrogens with zero attached hydrogens (tertiary/aromatic N) is 1. The first kappa shape index (κ1) is 18.6. The van der Waals surface area contributed by atoms with Crippen LogP contribution in [0.2, 0.25) is 0 Å². The molecule has 0 aromatic heterocycles. The van der Waals surface area contributed by atoms with Crippen molar-refractivity contribution in [3.8, 4) is 0 Å². The monoisotopic (exact) mass is 364 g/mol. The average molecular weight is 364 g/mol. The molecule has 1 aliphatic heterocycles. The van der Waals surface area contributed by atoms with E-state index in [1.54, 1.807) is 32.9 Å². The van der Waals surface area contributed by atoms with Crippen LogP contribution in [0.5, 0.6) is 0 Å². The molecule has 1 saturated heterocycles. The summed E-state index contributed by atoms with van der Waals surface area (Å²) in [6.07, 6.45) is 1.35. The molecule has 1 aliphatic carbocycles. The fourth-order valence-corrected chi connectivity index (χ4v) is 3.27. The van der Waals surface area contributed by atoms with Gasteiger partial charge in [-0.3, -0.25) is 9.63 Å². The Morgan fingerprint density at radius 1 is 1.23 bits per heavy atom. The Hall–Kier alpha value is -2.15. The predicted octanol–water partition coefficient (Wildman–Crippen LogP) is 3.33. The summed E-state index contributed by atoms with van der Waals surface area (Å²) in [7, 11) is 0. The van der Waals surface area contributed by atoms with Crippen LogP contribution in [0, 0.1) is 11.7 Å². The van der Waals surface area contributed by atoms with Crippen molar-refractivity contribution in [1.29, 1.82) is 0 Å². The Balaban J connectivity index is 1.52. The summed E-state index contributed by atoms with van der Waals surface area (Å²) in [6, 6.07) is 5.89. The SMILES string of the molecule is CC(C)(C)OC(=O)NC1CC(C(=O)N2OCC[C@H]2c2ccc(F)cc2)C1. The first-order valence-electron chi connectivity index (χ1n) is 8.94. The lowest BCUT2D eigenvalue weighted by atomic mass is 9.79. The van der Waals surface area contributed by atoms with Gasteiger partial charge in [0.15, 0.2) is 0 Å². The van der Waals surface area contributed by atoms with Crippen molar-refractivity contribution in [2.75, 3.05) is 6.61 Å². The molecule has 7 heteroatoms. The molecule has 0 radical (unpaired) electrons. The van der Waals surface area contributed by atoms with E-state index >= 15 is 0 Å². The second kappa shape index (κ2) is 7.23. The Kier molecular flexibility index (Phi) is 5.18. The normalized spacial score (nSPS) is 25.5. The van der Waals surface area contributed by atoms with Gasteiger partial charge in [0.25, 0.3) is 0 Å². The lowest BCUT2D eigenvalue weighted by Gasteiger charge is -2.37. The third-order valence-corrected chi connectivity index (χ3v) is 4.58. The maximum absolute atomic E-state index is 13.1. The summed E-state index contributed by atoms with van der Waals surface area (Å²) in [5, 5.41) is 4.20. The summed E-state index contributed by atoms with van der Waals surface area (Å²) in [6.45, 7) is 5.88. The summed E-state index contributed by atoms with van der Waals surface area (Å²) in [5.41, 5.74) is 0.314. The number of amides is 2. The maximum atomic E-state index is 13.1. The van der Waals surface area contributed by atoms with E-state index in [0.29, 0.717) is 25.9 Å².